The Morgan fingerprint density at radius 1 is 1.21 bits per heavy atom. The fourth-order valence-corrected chi connectivity index (χ4v) is 2.97. The molecule has 24 heavy (non-hydrogen) atoms. The molecule has 1 amide bonds. The molecule has 1 aromatic heterocycles. The highest BCUT2D eigenvalue weighted by atomic mass is 35.5. The summed E-state index contributed by atoms with van der Waals surface area (Å²) >= 11 is 5.84. The van der Waals surface area contributed by atoms with E-state index >= 15 is 0 Å². The zero-order chi connectivity index (χ0) is 16.9. The molecule has 2 atom stereocenters. The van der Waals surface area contributed by atoms with Gasteiger partial charge in [-0.1, -0.05) is 18.0 Å². The van der Waals surface area contributed by atoms with Gasteiger partial charge in [0.15, 0.2) is 0 Å². The van der Waals surface area contributed by atoms with Crippen LogP contribution in [0.2, 0.25) is 5.02 Å². The van der Waals surface area contributed by atoms with Crippen LogP contribution in [0.4, 0.5) is 5.69 Å². The largest absolute Gasteiger partial charge is 0.439 e. The van der Waals surface area contributed by atoms with Crippen molar-refractivity contribution in [2.24, 2.45) is 11.7 Å². The van der Waals surface area contributed by atoms with E-state index < -0.39 is 0 Å². The second-order valence-corrected chi connectivity index (χ2v) is 6.49. The molecule has 126 valence electrons. The van der Waals surface area contributed by atoms with E-state index in [0.717, 1.165) is 25.7 Å². The Bertz CT molecular complexity index is 688. The van der Waals surface area contributed by atoms with Crippen LogP contribution in [0.25, 0.3) is 0 Å². The van der Waals surface area contributed by atoms with Gasteiger partial charge in [0.25, 0.3) is 0 Å². The second kappa shape index (κ2) is 7.64. The van der Waals surface area contributed by atoms with E-state index in [1.165, 1.54) is 0 Å². The zero-order valence-electron chi connectivity index (χ0n) is 13.2. The number of benzene rings is 1. The number of nitrogens with zero attached hydrogens (tertiary/aromatic N) is 1. The van der Waals surface area contributed by atoms with Crippen molar-refractivity contribution < 1.29 is 9.53 Å². The van der Waals surface area contributed by atoms with Crippen LogP contribution in [0.5, 0.6) is 11.6 Å². The summed E-state index contributed by atoms with van der Waals surface area (Å²) in [5, 5.41) is 3.55. The molecular formula is C18H20ClN3O2. The number of rotatable bonds is 4. The standard InChI is InChI=1S/C18H20ClN3O2/c19-13-4-7-16(8-5-13)24-17-9-6-15(11-21-17)22-18(23)12-2-1-3-14(20)10-12/h4-9,11-12,14H,1-3,10,20H2,(H,22,23). The Labute approximate surface area is 146 Å². The SMILES string of the molecule is NC1CCCC(C(=O)Nc2ccc(Oc3ccc(Cl)cc3)nc2)C1. The number of aromatic nitrogens is 1. The van der Waals surface area contributed by atoms with E-state index in [4.69, 9.17) is 22.1 Å². The summed E-state index contributed by atoms with van der Waals surface area (Å²) in [6.07, 6.45) is 5.24. The molecule has 1 fully saturated rings. The number of hydrogen-bond donors (Lipinski definition) is 2. The zero-order valence-corrected chi connectivity index (χ0v) is 14.0. The van der Waals surface area contributed by atoms with Gasteiger partial charge in [0, 0.05) is 23.0 Å². The minimum atomic E-state index is -0.0151. The number of pyridine rings is 1. The molecule has 5 nitrogen and oxygen atoms in total. The van der Waals surface area contributed by atoms with Crippen molar-refractivity contribution in [3.05, 3.63) is 47.6 Å². The van der Waals surface area contributed by atoms with Gasteiger partial charge in [0.05, 0.1) is 11.9 Å². The maximum Gasteiger partial charge on any atom is 0.227 e. The molecule has 3 N–H and O–H groups in total. The molecule has 0 radical (unpaired) electrons. The van der Waals surface area contributed by atoms with Crippen molar-refractivity contribution >= 4 is 23.2 Å². The summed E-state index contributed by atoms with van der Waals surface area (Å²) in [5.74, 6) is 1.10. The van der Waals surface area contributed by atoms with Crippen LogP contribution < -0.4 is 15.8 Å². The highest BCUT2D eigenvalue weighted by molar-refractivity contribution is 6.30. The molecule has 1 aliphatic rings. The first-order chi connectivity index (χ1) is 11.6. The van der Waals surface area contributed by atoms with E-state index in [2.05, 4.69) is 10.3 Å². The van der Waals surface area contributed by atoms with Crippen LogP contribution in [-0.2, 0) is 4.79 Å². The molecule has 0 spiro atoms. The lowest BCUT2D eigenvalue weighted by Gasteiger charge is -2.25. The van der Waals surface area contributed by atoms with E-state index in [-0.39, 0.29) is 17.9 Å². The number of anilines is 1. The summed E-state index contributed by atoms with van der Waals surface area (Å²) < 4.78 is 5.62. The number of hydrogen-bond acceptors (Lipinski definition) is 4. The summed E-state index contributed by atoms with van der Waals surface area (Å²) in [4.78, 5) is 16.5. The van der Waals surface area contributed by atoms with Gasteiger partial charge in [-0.3, -0.25) is 4.79 Å². The lowest BCUT2D eigenvalue weighted by atomic mass is 9.85. The lowest BCUT2D eigenvalue weighted by molar-refractivity contribution is -0.120. The van der Waals surface area contributed by atoms with Crippen LogP contribution in [-0.4, -0.2) is 16.9 Å². The Hall–Kier alpha value is -2.11. The number of ether oxygens (including phenoxy) is 1. The first-order valence-electron chi connectivity index (χ1n) is 8.06. The molecule has 0 saturated heterocycles. The van der Waals surface area contributed by atoms with Gasteiger partial charge < -0.3 is 15.8 Å². The van der Waals surface area contributed by atoms with Gasteiger partial charge >= 0.3 is 0 Å². The number of nitrogens with two attached hydrogens (primary N) is 1. The van der Waals surface area contributed by atoms with Gasteiger partial charge in [0.2, 0.25) is 11.8 Å². The fourth-order valence-electron chi connectivity index (χ4n) is 2.85. The van der Waals surface area contributed by atoms with Crippen molar-refractivity contribution in [3.63, 3.8) is 0 Å². The Balaban J connectivity index is 1.58. The predicted octanol–water partition coefficient (Wildman–Crippen LogP) is 3.98. The van der Waals surface area contributed by atoms with Gasteiger partial charge in [0.1, 0.15) is 5.75 Å². The summed E-state index contributed by atoms with van der Waals surface area (Å²) in [6, 6.07) is 10.7. The Morgan fingerprint density at radius 3 is 2.67 bits per heavy atom. The van der Waals surface area contributed by atoms with Crippen molar-refractivity contribution in [2.45, 2.75) is 31.7 Å². The number of halogens is 1. The van der Waals surface area contributed by atoms with Gasteiger partial charge in [-0.05, 0) is 49.6 Å². The molecule has 2 aromatic rings. The molecule has 3 rings (SSSR count). The molecule has 6 heteroatoms. The molecule has 2 unspecified atom stereocenters. The highest BCUT2D eigenvalue weighted by Gasteiger charge is 2.25. The Kier molecular flexibility index (Phi) is 5.33. The maximum atomic E-state index is 12.3. The first-order valence-corrected chi connectivity index (χ1v) is 8.44. The van der Waals surface area contributed by atoms with E-state index in [1.54, 1.807) is 42.6 Å². The predicted molar refractivity (Wildman–Crippen MR) is 94.3 cm³/mol. The van der Waals surface area contributed by atoms with Gasteiger partial charge in [-0.15, -0.1) is 0 Å². The molecule has 1 heterocycles. The highest BCUT2D eigenvalue weighted by Crippen LogP contribution is 2.25. The smallest absolute Gasteiger partial charge is 0.227 e. The van der Waals surface area contributed by atoms with Crippen LogP contribution in [0.15, 0.2) is 42.6 Å². The average Bonchev–Trinajstić information content (AvgIpc) is 2.59. The minimum absolute atomic E-state index is 0.0123. The van der Waals surface area contributed by atoms with Crippen LogP contribution in [0.3, 0.4) is 0 Å². The lowest BCUT2D eigenvalue weighted by Crippen LogP contribution is -2.34. The van der Waals surface area contributed by atoms with E-state index in [9.17, 15) is 4.79 Å². The van der Waals surface area contributed by atoms with E-state index in [0.29, 0.717) is 22.3 Å². The third-order valence-electron chi connectivity index (χ3n) is 4.13. The quantitative estimate of drug-likeness (QED) is 0.878. The van der Waals surface area contributed by atoms with Gasteiger partial charge in [-0.25, -0.2) is 4.98 Å². The summed E-state index contributed by atoms with van der Waals surface area (Å²) in [5.41, 5.74) is 6.60. The first kappa shape index (κ1) is 16.7. The number of carbonyl (C=O) groups excluding carboxylic acids is 1. The molecule has 1 saturated carbocycles. The number of carbonyl (C=O) groups is 1. The van der Waals surface area contributed by atoms with Crippen molar-refractivity contribution in [3.8, 4) is 11.6 Å². The van der Waals surface area contributed by atoms with Crippen LogP contribution >= 0.6 is 11.6 Å². The minimum Gasteiger partial charge on any atom is -0.439 e. The summed E-state index contributed by atoms with van der Waals surface area (Å²) in [6.45, 7) is 0. The van der Waals surface area contributed by atoms with Crippen molar-refractivity contribution in [2.75, 3.05) is 5.32 Å². The number of nitrogens with one attached hydrogen (secondary N) is 1. The molecule has 0 aliphatic heterocycles. The third-order valence-corrected chi connectivity index (χ3v) is 4.38. The van der Waals surface area contributed by atoms with Crippen molar-refractivity contribution in [1.29, 1.82) is 0 Å². The van der Waals surface area contributed by atoms with Crippen LogP contribution in [0, 0.1) is 5.92 Å². The number of amides is 1. The monoisotopic (exact) mass is 345 g/mol. The van der Waals surface area contributed by atoms with Crippen molar-refractivity contribution in [1.82, 2.24) is 4.98 Å². The molecule has 1 aliphatic carbocycles. The van der Waals surface area contributed by atoms with Crippen LogP contribution in [0.1, 0.15) is 25.7 Å². The molecule has 1 aromatic carbocycles. The molecule has 0 bridgehead atoms. The molecular weight excluding hydrogens is 326 g/mol. The van der Waals surface area contributed by atoms with E-state index in [1.807, 2.05) is 0 Å². The fraction of sp³-hybridized carbons (Fsp3) is 0.333. The Morgan fingerprint density at radius 2 is 2.00 bits per heavy atom. The topological polar surface area (TPSA) is 77.2 Å². The summed E-state index contributed by atoms with van der Waals surface area (Å²) in [7, 11) is 0. The normalized spacial score (nSPS) is 20.4. The van der Waals surface area contributed by atoms with Gasteiger partial charge in [-0.2, -0.15) is 0 Å². The average molecular weight is 346 g/mol. The maximum absolute atomic E-state index is 12.3. The third kappa shape index (κ3) is 4.46. The second-order valence-electron chi connectivity index (χ2n) is 6.05.